The number of thioether (sulfide) groups is 1. The number of anilines is 1. The van der Waals surface area contributed by atoms with Crippen molar-refractivity contribution in [1.82, 2.24) is 9.78 Å². The fraction of sp³-hybridized carbons (Fsp3) is 0.412. The Morgan fingerprint density at radius 3 is 2.50 bits per heavy atom. The van der Waals surface area contributed by atoms with E-state index in [2.05, 4.69) is 55.5 Å². The number of hydrogen-bond donors (Lipinski definition) is 1. The minimum atomic E-state index is -0.00247. The van der Waals surface area contributed by atoms with Crippen molar-refractivity contribution >= 4 is 23.5 Å². The van der Waals surface area contributed by atoms with Crippen molar-refractivity contribution in [3.63, 3.8) is 0 Å². The highest BCUT2D eigenvalue weighted by atomic mass is 32.2. The van der Waals surface area contributed by atoms with Crippen LogP contribution in [0, 0.1) is 0 Å². The summed E-state index contributed by atoms with van der Waals surface area (Å²) in [6.45, 7) is 7.25. The van der Waals surface area contributed by atoms with Gasteiger partial charge in [0.25, 0.3) is 0 Å². The van der Waals surface area contributed by atoms with Gasteiger partial charge in [-0.3, -0.25) is 4.79 Å². The lowest BCUT2D eigenvalue weighted by atomic mass is 9.87. The maximum Gasteiger partial charge on any atom is 0.235 e. The van der Waals surface area contributed by atoms with Crippen molar-refractivity contribution in [3.8, 4) is 0 Å². The predicted molar refractivity (Wildman–Crippen MR) is 93.5 cm³/mol. The summed E-state index contributed by atoms with van der Waals surface area (Å²) in [5, 5.41) is 7.18. The Hall–Kier alpha value is -1.75. The normalized spacial score (nSPS) is 11.5. The highest BCUT2D eigenvalue weighted by Crippen LogP contribution is 2.22. The Balaban J connectivity index is 2.08. The SMILES string of the molecule is CSCC(=O)Nc1ccnn1Cc1ccc(C(C)(C)C)cc1. The molecular formula is C17H23N3OS. The van der Waals surface area contributed by atoms with Gasteiger partial charge in [-0.25, -0.2) is 4.68 Å². The first-order valence-electron chi connectivity index (χ1n) is 7.30. The molecule has 0 saturated heterocycles. The number of carbonyl (C=O) groups is 1. The second-order valence-corrected chi connectivity index (χ2v) is 7.17. The molecule has 1 amide bonds. The number of nitrogens with zero attached hydrogens (tertiary/aromatic N) is 2. The zero-order chi connectivity index (χ0) is 16.2. The summed E-state index contributed by atoms with van der Waals surface area (Å²) in [5.41, 5.74) is 2.63. The van der Waals surface area contributed by atoms with E-state index in [4.69, 9.17) is 0 Å². The number of carbonyl (C=O) groups excluding carboxylic acids is 1. The van der Waals surface area contributed by atoms with Gasteiger partial charge in [-0.2, -0.15) is 16.9 Å². The zero-order valence-corrected chi connectivity index (χ0v) is 14.4. The van der Waals surface area contributed by atoms with Gasteiger partial charge in [-0.05, 0) is 22.8 Å². The molecule has 1 heterocycles. The molecular weight excluding hydrogens is 294 g/mol. The molecule has 2 rings (SSSR count). The average Bonchev–Trinajstić information content (AvgIpc) is 2.86. The van der Waals surface area contributed by atoms with Gasteiger partial charge in [-0.15, -0.1) is 0 Å². The van der Waals surface area contributed by atoms with E-state index in [0.717, 1.165) is 11.4 Å². The third kappa shape index (κ3) is 4.37. The lowest BCUT2D eigenvalue weighted by Crippen LogP contribution is -2.17. The molecule has 0 aliphatic heterocycles. The number of amides is 1. The maximum absolute atomic E-state index is 11.7. The van der Waals surface area contributed by atoms with Crippen LogP contribution in [-0.4, -0.2) is 27.7 Å². The zero-order valence-electron chi connectivity index (χ0n) is 13.6. The van der Waals surface area contributed by atoms with Crippen LogP contribution in [0.2, 0.25) is 0 Å². The fourth-order valence-electron chi connectivity index (χ4n) is 2.16. The van der Waals surface area contributed by atoms with Crippen molar-refractivity contribution in [2.45, 2.75) is 32.7 Å². The van der Waals surface area contributed by atoms with Crippen LogP contribution in [0.25, 0.3) is 0 Å². The van der Waals surface area contributed by atoms with Crippen molar-refractivity contribution in [3.05, 3.63) is 47.7 Å². The minimum absolute atomic E-state index is 0.00247. The maximum atomic E-state index is 11.7. The molecule has 0 aliphatic rings. The number of rotatable bonds is 5. The smallest absolute Gasteiger partial charge is 0.235 e. The Kier molecular flexibility index (Phi) is 5.29. The van der Waals surface area contributed by atoms with Crippen molar-refractivity contribution < 1.29 is 4.79 Å². The summed E-state index contributed by atoms with van der Waals surface area (Å²) >= 11 is 1.50. The van der Waals surface area contributed by atoms with Gasteiger partial charge < -0.3 is 5.32 Å². The summed E-state index contributed by atoms with van der Waals surface area (Å²) in [7, 11) is 0. The topological polar surface area (TPSA) is 46.9 Å². The van der Waals surface area contributed by atoms with Gasteiger partial charge >= 0.3 is 0 Å². The van der Waals surface area contributed by atoms with Crippen molar-refractivity contribution in [1.29, 1.82) is 0 Å². The van der Waals surface area contributed by atoms with E-state index in [9.17, 15) is 4.79 Å². The van der Waals surface area contributed by atoms with E-state index in [1.165, 1.54) is 17.3 Å². The highest BCUT2D eigenvalue weighted by Gasteiger charge is 2.13. The Bertz CT molecular complexity index is 626. The first-order chi connectivity index (χ1) is 10.4. The third-order valence-electron chi connectivity index (χ3n) is 3.41. The lowest BCUT2D eigenvalue weighted by Gasteiger charge is -2.19. The molecule has 0 atom stereocenters. The Labute approximate surface area is 136 Å². The molecule has 5 heteroatoms. The number of benzene rings is 1. The third-order valence-corrected chi connectivity index (χ3v) is 3.96. The average molecular weight is 317 g/mol. The van der Waals surface area contributed by atoms with Crippen LogP contribution < -0.4 is 5.32 Å². The van der Waals surface area contributed by atoms with E-state index in [-0.39, 0.29) is 11.3 Å². The van der Waals surface area contributed by atoms with E-state index >= 15 is 0 Å². The number of hydrogen-bond acceptors (Lipinski definition) is 3. The Morgan fingerprint density at radius 2 is 1.91 bits per heavy atom. The first kappa shape index (κ1) is 16.6. The van der Waals surface area contributed by atoms with Gasteiger partial charge in [0.1, 0.15) is 5.82 Å². The molecule has 1 N–H and O–H groups in total. The molecule has 1 aromatic heterocycles. The Morgan fingerprint density at radius 1 is 1.23 bits per heavy atom. The second-order valence-electron chi connectivity index (χ2n) is 6.30. The van der Waals surface area contributed by atoms with E-state index in [1.54, 1.807) is 6.20 Å². The molecule has 118 valence electrons. The molecule has 0 unspecified atom stereocenters. The number of nitrogens with one attached hydrogen (secondary N) is 1. The molecule has 4 nitrogen and oxygen atoms in total. The van der Waals surface area contributed by atoms with Crippen LogP contribution in [0.1, 0.15) is 31.9 Å². The summed E-state index contributed by atoms with van der Waals surface area (Å²) in [5.74, 6) is 1.18. The van der Waals surface area contributed by atoms with Crippen LogP contribution >= 0.6 is 11.8 Å². The number of aromatic nitrogens is 2. The van der Waals surface area contributed by atoms with E-state index in [1.807, 2.05) is 17.0 Å². The first-order valence-corrected chi connectivity index (χ1v) is 8.69. The highest BCUT2D eigenvalue weighted by molar-refractivity contribution is 7.99. The second kappa shape index (κ2) is 7.01. The monoisotopic (exact) mass is 317 g/mol. The minimum Gasteiger partial charge on any atom is -0.310 e. The van der Waals surface area contributed by atoms with Crippen LogP contribution in [0.5, 0.6) is 0 Å². The molecule has 2 aromatic rings. The molecule has 0 radical (unpaired) electrons. The standard InChI is InChI=1S/C17H23N3OS/c1-17(2,3)14-7-5-13(6-8-14)11-20-15(9-10-18-20)19-16(21)12-22-4/h5-10H,11-12H2,1-4H3,(H,19,21). The van der Waals surface area contributed by atoms with Gasteiger partial charge in [0, 0.05) is 6.07 Å². The molecule has 0 aliphatic carbocycles. The predicted octanol–water partition coefficient (Wildman–Crippen LogP) is 3.53. The van der Waals surface area contributed by atoms with Gasteiger partial charge in [0.15, 0.2) is 0 Å². The molecule has 0 fully saturated rings. The molecule has 22 heavy (non-hydrogen) atoms. The summed E-state index contributed by atoms with van der Waals surface area (Å²) in [6.07, 6.45) is 3.62. The van der Waals surface area contributed by atoms with Crippen molar-refractivity contribution in [2.24, 2.45) is 0 Å². The van der Waals surface area contributed by atoms with E-state index in [0.29, 0.717) is 12.3 Å². The molecule has 0 saturated carbocycles. The van der Waals surface area contributed by atoms with Crippen molar-refractivity contribution in [2.75, 3.05) is 17.3 Å². The molecule has 0 bridgehead atoms. The van der Waals surface area contributed by atoms with Crippen LogP contribution in [-0.2, 0) is 16.8 Å². The molecule has 0 spiro atoms. The largest absolute Gasteiger partial charge is 0.310 e. The summed E-state index contributed by atoms with van der Waals surface area (Å²) < 4.78 is 1.81. The fourth-order valence-corrected chi connectivity index (χ4v) is 2.49. The van der Waals surface area contributed by atoms with Gasteiger partial charge in [0.2, 0.25) is 5.91 Å². The van der Waals surface area contributed by atoms with Gasteiger partial charge in [0.05, 0.1) is 18.5 Å². The lowest BCUT2D eigenvalue weighted by molar-refractivity contribution is -0.113. The van der Waals surface area contributed by atoms with Crippen LogP contribution in [0.15, 0.2) is 36.5 Å². The van der Waals surface area contributed by atoms with E-state index < -0.39 is 0 Å². The summed E-state index contributed by atoms with van der Waals surface area (Å²) in [6, 6.07) is 10.4. The quantitative estimate of drug-likeness (QED) is 0.917. The van der Waals surface area contributed by atoms with Gasteiger partial charge in [-0.1, -0.05) is 45.0 Å². The molecule has 1 aromatic carbocycles. The summed E-state index contributed by atoms with van der Waals surface area (Å²) in [4.78, 5) is 11.7. The van der Waals surface area contributed by atoms with Crippen LogP contribution in [0.3, 0.4) is 0 Å². The van der Waals surface area contributed by atoms with Crippen LogP contribution in [0.4, 0.5) is 5.82 Å².